The molecule has 3 unspecified atom stereocenters. The molecule has 0 bridgehead atoms. The molecule has 2 fully saturated rings. The molecule has 4 heteroatoms. The van der Waals surface area contributed by atoms with Crippen molar-refractivity contribution < 1.29 is 9.90 Å². The van der Waals surface area contributed by atoms with E-state index in [2.05, 4.69) is 0 Å². The van der Waals surface area contributed by atoms with E-state index >= 15 is 0 Å². The monoisotopic (exact) mass is 268 g/mol. The molecule has 4 nitrogen and oxygen atoms in total. The van der Waals surface area contributed by atoms with Gasteiger partial charge in [0, 0.05) is 19.1 Å². The Hall–Kier alpha value is -0.610. The Morgan fingerprint density at radius 2 is 1.79 bits per heavy atom. The largest absolute Gasteiger partial charge is 0.393 e. The van der Waals surface area contributed by atoms with Crippen LogP contribution in [0.3, 0.4) is 0 Å². The number of rotatable bonds is 2. The van der Waals surface area contributed by atoms with Crippen LogP contribution in [-0.2, 0) is 4.79 Å². The van der Waals surface area contributed by atoms with Gasteiger partial charge in [0.25, 0.3) is 0 Å². The lowest BCUT2D eigenvalue weighted by atomic mass is 9.89. The Labute approximate surface area is 116 Å². The smallest absolute Gasteiger partial charge is 0.227 e. The Morgan fingerprint density at radius 3 is 2.42 bits per heavy atom. The van der Waals surface area contributed by atoms with Crippen molar-refractivity contribution in [2.45, 2.75) is 64.0 Å². The molecule has 0 aromatic heterocycles. The summed E-state index contributed by atoms with van der Waals surface area (Å²) < 4.78 is 0. The maximum atomic E-state index is 12.6. The van der Waals surface area contributed by atoms with E-state index in [0.717, 1.165) is 51.6 Å². The lowest BCUT2D eigenvalue weighted by Gasteiger charge is -2.36. The summed E-state index contributed by atoms with van der Waals surface area (Å²) in [5, 5.41) is 9.61. The fourth-order valence-electron chi connectivity index (χ4n) is 3.48. The summed E-state index contributed by atoms with van der Waals surface area (Å²) in [6.45, 7) is 3.43. The minimum absolute atomic E-state index is 0.0330. The van der Waals surface area contributed by atoms with Crippen molar-refractivity contribution in [2.75, 3.05) is 13.1 Å². The molecule has 1 aliphatic heterocycles. The quantitative estimate of drug-likeness (QED) is 0.746. The van der Waals surface area contributed by atoms with E-state index in [-0.39, 0.29) is 24.0 Å². The van der Waals surface area contributed by atoms with Gasteiger partial charge in [-0.3, -0.25) is 4.79 Å². The minimum atomic E-state index is -0.252. The van der Waals surface area contributed by atoms with E-state index in [9.17, 15) is 9.90 Å². The van der Waals surface area contributed by atoms with Crippen LogP contribution < -0.4 is 5.73 Å². The third kappa shape index (κ3) is 3.69. The Morgan fingerprint density at radius 1 is 1.16 bits per heavy atom. The van der Waals surface area contributed by atoms with Crippen molar-refractivity contribution in [3.63, 3.8) is 0 Å². The zero-order valence-electron chi connectivity index (χ0n) is 12.1. The van der Waals surface area contributed by atoms with Gasteiger partial charge in [-0.15, -0.1) is 0 Å². The van der Waals surface area contributed by atoms with E-state index in [1.54, 1.807) is 0 Å². The van der Waals surface area contributed by atoms with E-state index in [4.69, 9.17) is 5.73 Å². The zero-order chi connectivity index (χ0) is 13.8. The number of likely N-dealkylation sites (tertiary alicyclic amines) is 1. The summed E-state index contributed by atoms with van der Waals surface area (Å²) in [4.78, 5) is 14.6. The molecule has 1 heterocycles. The van der Waals surface area contributed by atoms with Crippen LogP contribution in [0.4, 0.5) is 0 Å². The number of nitrogens with zero attached hydrogens (tertiary/aromatic N) is 1. The lowest BCUT2D eigenvalue weighted by Crippen LogP contribution is -2.47. The number of piperidine rings is 1. The number of aliphatic hydroxyl groups excluding tert-OH is 1. The molecule has 2 aliphatic rings. The van der Waals surface area contributed by atoms with Gasteiger partial charge in [0.05, 0.1) is 12.0 Å². The standard InChI is InChI=1S/C15H28N2O2/c1-11(18)12-7-9-17(10-8-12)15(19)13-5-3-2-4-6-14(13)16/h11-14,18H,2-10,16H2,1H3. The lowest BCUT2D eigenvalue weighted by molar-refractivity contribution is -0.138. The third-order valence-corrected chi connectivity index (χ3v) is 4.92. The number of hydrogen-bond donors (Lipinski definition) is 2. The van der Waals surface area contributed by atoms with Gasteiger partial charge in [0.1, 0.15) is 0 Å². The summed E-state index contributed by atoms with van der Waals surface area (Å²) in [5.41, 5.74) is 6.17. The van der Waals surface area contributed by atoms with Crippen molar-refractivity contribution in [1.82, 2.24) is 4.90 Å². The Balaban J connectivity index is 1.89. The minimum Gasteiger partial charge on any atom is -0.393 e. The van der Waals surface area contributed by atoms with E-state index in [1.165, 1.54) is 6.42 Å². The molecule has 19 heavy (non-hydrogen) atoms. The highest BCUT2D eigenvalue weighted by atomic mass is 16.3. The Kier molecular flexibility index (Phi) is 5.22. The average Bonchev–Trinajstić information content (AvgIpc) is 2.63. The van der Waals surface area contributed by atoms with Crippen LogP contribution in [0.15, 0.2) is 0 Å². The van der Waals surface area contributed by atoms with Crippen LogP contribution in [0.1, 0.15) is 51.9 Å². The van der Waals surface area contributed by atoms with Gasteiger partial charge < -0.3 is 15.7 Å². The van der Waals surface area contributed by atoms with Gasteiger partial charge >= 0.3 is 0 Å². The first kappa shape index (κ1) is 14.8. The van der Waals surface area contributed by atoms with Gasteiger partial charge in [-0.1, -0.05) is 19.3 Å². The van der Waals surface area contributed by atoms with Crippen molar-refractivity contribution >= 4 is 5.91 Å². The second-order valence-corrected chi connectivity index (χ2v) is 6.31. The van der Waals surface area contributed by atoms with Crippen molar-refractivity contribution in [2.24, 2.45) is 17.6 Å². The molecule has 1 saturated heterocycles. The van der Waals surface area contributed by atoms with E-state index in [1.807, 2.05) is 11.8 Å². The molecule has 0 aromatic rings. The predicted octanol–water partition coefficient (Wildman–Crippen LogP) is 1.51. The van der Waals surface area contributed by atoms with Crippen molar-refractivity contribution in [1.29, 1.82) is 0 Å². The molecular formula is C15H28N2O2. The first-order chi connectivity index (χ1) is 9.09. The molecule has 0 spiro atoms. The van der Waals surface area contributed by atoms with E-state index < -0.39 is 0 Å². The van der Waals surface area contributed by atoms with Crippen LogP contribution >= 0.6 is 0 Å². The number of nitrogens with two attached hydrogens (primary N) is 1. The molecule has 1 saturated carbocycles. The molecule has 3 N–H and O–H groups in total. The van der Waals surface area contributed by atoms with Gasteiger partial charge in [0.2, 0.25) is 5.91 Å². The molecule has 1 aliphatic carbocycles. The number of hydrogen-bond acceptors (Lipinski definition) is 3. The molecule has 0 radical (unpaired) electrons. The predicted molar refractivity (Wildman–Crippen MR) is 75.5 cm³/mol. The highest BCUT2D eigenvalue weighted by molar-refractivity contribution is 5.79. The molecule has 3 atom stereocenters. The van der Waals surface area contributed by atoms with Gasteiger partial charge in [-0.25, -0.2) is 0 Å². The maximum Gasteiger partial charge on any atom is 0.227 e. The second kappa shape index (κ2) is 6.71. The summed E-state index contributed by atoms with van der Waals surface area (Å²) >= 11 is 0. The second-order valence-electron chi connectivity index (χ2n) is 6.31. The maximum absolute atomic E-state index is 12.6. The summed E-state index contributed by atoms with van der Waals surface area (Å²) in [7, 11) is 0. The summed E-state index contributed by atoms with van der Waals surface area (Å²) in [5.74, 6) is 0.649. The fourth-order valence-corrected chi connectivity index (χ4v) is 3.48. The van der Waals surface area contributed by atoms with E-state index in [0.29, 0.717) is 5.92 Å². The first-order valence-corrected chi connectivity index (χ1v) is 7.82. The van der Waals surface area contributed by atoms with Gasteiger partial charge in [-0.2, -0.15) is 0 Å². The summed E-state index contributed by atoms with van der Waals surface area (Å²) in [6, 6.07) is 0.0458. The molecule has 1 amide bonds. The van der Waals surface area contributed by atoms with Crippen molar-refractivity contribution in [3.05, 3.63) is 0 Å². The van der Waals surface area contributed by atoms with Crippen LogP contribution in [0.2, 0.25) is 0 Å². The number of aliphatic hydroxyl groups is 1. The molecule has 2 rings (SSSR count). The first-order valence-electron chi connectivity index (χ1n) is 7.82. The van der Waals surface area contributed by atoms with Crippen molar-refractivity contribution in [3.8, 4) is 0 Å². The number of carbonyl (C=O) groups is 1. The highest BCUT2D eigenvalue weighted by Crippen LogP contribution is 2.27. The van der Waals surface area contributed by atoms with Crippen LogP contribution in [-0.4, -0.2) is 41.1 Å². The van der Waals surface area contributed by atoms with Crippen LogP contribution in [0.25, 0.3) is 0 Å². The van der Waals surface area contributed by atoms with Crippen LogP contribution in [0.5, 0.6) is 0 Å². The Bertz CT molecular complexity index is 299. The van der Waals surface area contributed by atoms with Crippen LogP contribution in [0, 0.1) is 11.8 Å². The third-order valence-electron chi connectivity index (χ3n) is 4.92. The zero-order valence-corrected chi connectivity index (χ0v) is 12.1. The molecular weight excluding hydrogens is 240 g/mol. The molecule has 110 valence electrons. The summed E-state index contributed by atoms with van der Waals surface area (Å²) in [6.07, 6.45) is 7.04. The topological polar surface area (TPSA) is 66.6 Å². The van der Waals surface area contributed by atoms with Gasteiger partial charge in [0.15, 0.2) is 0 Å². The van der Waals surface area contributed by atoms with Gasteiger partial charge in [-0.05, 0) is 38.5 Å². The highest BCUT2D eigenvalue weighted by Gasteiger charge is 2.33. The average molecular weight is 268 g/mol. The number of amides is 1. The number of carbonyl (C=O) groups excluding carboxylic acids is 1. The normalized spacial score (nSPS) is 31.8. The molecule has 0 aromatic carbocycles. The SMILES string of the molecule is CC(O)C1CCN(C(=O)C2CCCCCC2N)CC1. The fraction of sp³-hybridized carbons (Fsp3) is 0.933.